The zero-order valence-electron chi connectivity index (χ0n) is 9.18. The molecule has 2 N–H and O–H groups in total. The van der Waals surface area contributed by atoms with Gasteiger partial charge in [0.2, 0.25) is 11.8 Å². The lowest BCUT2D eigenvalue weighted by Gasteiger charge is -2.13. The SMILES string of the molecule is O=C(O)COCCNC(=O)CN1CSCC1=O. The third-order valence-electron chi connectivity index (χ3n) is 1.95. The van der Waals surface area contributed by atoms with Gasteiger partial charge in [0, 0.05) is 6.54 Å². The predicted octanol–water partition coefficient (Wildman–Crippen LogP) is -1.26. The molecule has 1 fully saturated rings. The molecule has 0 radical (unpaired) electrons. The summed E-state index contributed by atoms with van der Waals surface area (Å²) in [7, 11) is 0. The maximum Gasteiger partial charge on any atom is 0.329 e. The minimum Gasteiger partial charge on any atom is -0.480 e. The second-order valence-electron chi connectivity index (χ2n) is 3.37. The molecule has 0 aliphatic carbocycles. The fourth-order valence-corrected chi connectivity index (χ4v) is 2.10. The number of nitrogens with one attached hydrogen (secondary N) is 1. The van der Waals surface area contributed by atoms with Crippen LogP contribution in [0.15, 0.2) is 0 Å². The van der Waals surface area contributed by atoms with Crippen LogP contribution in [-0.2, 0) is 19.1 Å². The van der Waals surface area contributed by atoms with Gasteiger partial charge in [-0.05, 0) is 0 Å². The topological polar surface area (TPSA) is 95.9 Å². The van der Waals surface area contributed by atoms with E-state index < -0.39 is 5.97 Å². The monoisotopic (exact) mass is 262 g/mol. The molecular formula is C9H14N2O5S. The van der Waals surface area contributed by atoms with Crippen LogP contribution in [0, 0.1) is 0 Å². The smallest absolute Gasteiger partial charge is 0.329 e. The molecule has 2 amide bonds. The van der Waals surface area contributed by atoms with E-state index in [1.165, 1.54) is 16.7 Å². The Balaban J connectivity index is 2.05. The fraction of sp³-hybridized carbons (Fsp3) is 0.667. The van der Waals surface area contributed by atoms with Crippen molar-refractivity contribution in [1.82, 2.24) is 10.2 Å². The van der Waals surface area contributed by atoms with Gasteiger partial charge in [0.25, 0.3) is 0 Å². The second kappa shape index (κ2) is 7.13. The summed E-state index contributed by atoms with van der Waals surface area (Å²) in [4.78, 5) is 34.1. The Labute approximate surface area is 102 Å². The quantitative estimate of drug-likeness (QED) is 0.556. The lowest BCUT2D eigenvalue weighted by Crippen LogP contribution is -2.39. The van der Waals surface area contributed by atoms with Gasteiger partial charge >= 0.3 is 5.97 Å². The summed E-state index contributed by atoms with van der Waals surface area (Å²) in [5.74, 6) is -0.375. The first-order valence-corrected chi connectivity index (χ1v) is 6.17. The average Bonchev–Trinajstić information content (AvgIpc) is 2.63. The number of nitrogens with zero attached hydrogens (tertiary/aromatic N) is 1. The zero-order valence-corrected chi connectivity index (χ0v) is 9.99. The average molecular weight is 262 g/mol. The number of amides is 2. The summed E-state index contributed by atoms with van der Waals surface area (Å²) < 4.78 is 4.74. The van der Waals surface area contributed by atoms with E-state index in [0.717, 1.165) is 0 Å². The van der Waals surface area contributed by atoms with Crippen molar-refractivity contribution in [2.75, 3.05) is 37.9 Å². The van der Waals surface area contributed by atoms with Gasteiger partial charge in [-0.2, -0.15) is 0 Å². The first kappa shape index (κ1) is 13.8. The van der Waals surface area contributed by atoms with Crippen molar-refractivity contribution in [2.45, 2.75) is 0 Å². The number of hydrogen-bond donors (Lipinski definition) is 2. The maximum absolute atomic E-state index is 11.4. The van der Waals surface area contributed by atoms with Crippen molar-refractivity contribution in [3.8, 4) is 0 Å². The Bertz CT molecular complexity index is 310. The molecule has 7 nitrogen and oxygen atoms in total. The number of carbonyl (C=O) groups is 3. The molecule has 1 saturated heterocycles. The number of rotatable bonds is 7. The van der Waals surface area contributed by atoms with Crippen LogP contribution < -0.4 is 5.32 Å². The number of carboxylic acids is 1. The van der Waals surface area contributed by atoms with Crippen LogP contribution in [0.25, 0.3) is 0 Å². The number of aliphatic carboxylic acids is 1. The van der Waals surface area contributed by atoms with Crippen LogP contribution in [0.2, 0.25) is 0 Å². The van der Waals surface area contributed by atoms with Crippen LogP contribution in [0.5, 0.6) is 0 Å². The van der Waals surface area contributed by atoms with Gasteiger partial charge in [-0.15, -0.1) is 11.8 Å². The van der Waals surface area contributed by atoms with Gasteiger partial charge in [0.05, 0.1) is 18.2 Å². The molecule has 96 valence electrons. The molecule has 1 heterocycles. The minimum atomic E-state index is -1.05. The number of thioether (sulfide) groups is 1. The van der Waals surface area contributed by atoms with Crippen LogP contribution >= 0.6 is 11.8 Å². The molecule has 0 unspecified atom stereocenters. The molecule has 0 aromatic rings. The zero-order chi connectivity index (χ0) is 12.7. The number of carboxylic acid groups (broad SMARTS) is 1. The van der Waals surface area contributed by atoms with Gasteiger partial charge < -0.3 is 20.1 Å². The molecule has 8 heteroatoms. The third-order valence-corrected chi connectivity index (χ3v) is 2.90. The summed E-state index contributed by atoms with van der Waals surface area (Å²) in [6.45, 7) is 0.0455. The first-order valence-electron chi connectivity index (χ1n) is 5.01. The van der Waals surface area contributed by atoms with Gasteiger partial charge in [0.1, 0.15) is 13.2 Å². The van der Waals surface area contributed by atoms with Gasteiger partial charge in [-0.25, -0.2) is 4.79 Å². The van der Waals surface area contributed by atoms with Crippen LogP contribution in [0.4, 0.5) is 0 Å². The number of ether oxygens (including phenoxy) is 1. The Morgan fingerprint density at radius 3 is 2.88 bits per heavy atom. The largest absolute Gasteiger partial charge is 0.480 e. The second-order valence-corrected chi connectivity index (χ2v) is 4.32. The summed E-state index contributed by atoms with van der Waals surface area (Å²) in [5, 5.41) is 10.8. The molecule has 0 saturated carbocycles. The first-order chi connectivity index (χ1) is 8.09. The van der Waals surface area contributed by atoms with Crippen molar-refractivity contribution in [1.29, 1.82) is 0 Å². The standard InChI is InChI=1S/C9H14N2O5S/c12-7(3-11-6-17-5-8(11)13)10-1-2-16-4-9(14)15/h1-6H2,(H,10,12)(H,14,15). The van der Waals surface area contributed by atoms with Gasteiger partial charge in [0.15, 0.2) is 0 Å². The highest BCUT2D eigenvalue weighted by atomic mass is 32.2. The minimum absolute atomic E-state index is 0.0349. The van der Waals surface area contributed by atoms with Gasteiger partial charge in [-0.1, -0.05) is 0 Å². The Morgan fingerprint density at radius 1 is 1.53 bits per heavy atom. The van der Waals surface area contributed by atoms with E-state index >= 15 is 0 Å². The van der Waals surface area contributed by atoms with E-state index in [1.54, 1.807) is 0 Å². The molecule has 0 atom stereocenters. The molecule has 0 aromatic carbocycles. The van der Waals surface area contributed by atoms with Crippen molar-refractivity contribution < 1.29 is 24.2 Å². The molecule has 1 rings (SSSR count). The highest BCUT2D eigenvalue weighted by Crippen LogP contribution is 2.13. The summed E-state index contributed by atoms with van der Waals surface area (Å²) >= 11 is 1.47. The number of hydrogen-bond acceptors (Lipinski definition) is 5. The van der Waals surface area contributed by atoms with E-state index in [9.17, 15) is 14.4 Å². The molecule has 0 aromatic heterocycles. The van der Waals surface area contributed by atoms with E-state index in [2.05, 4.69) is 5.32 Å². The molecule has 1 aliphatic rings. The predicted molar refractivity (Wildman–Crippen MR) is 60.5 cm³/mol. The Morgan fingerprint density at radius 2 is 2.29 bits per heavy atom. The highest BCUT2D eigenvalue weighted by molar-refractivity contribution is 8.00. The van der Waals surface area contributed by atoms with Crippen LogP contribution in [0.1, 0.15) is 0 Å². The molecule has 17 heavy (non-hydrogen) atoms. The van der Waals surface area contributed by atoms with Crippen molar-refractivity contribution >= 4 is 29.5 Å². The molecular weight excluding hydrogens is 248 g/mol. The van der Waals surface area contributed by atoms with Crippen LogP contribution in [0.3, 0.4) is 0 Å². The number of carbonyl (C=O) groups excluding carboxylic acids is 2. The molecule has 1 aliphatic heterocycles. The Hall–Kier alpha value is -1.28. The van der Waals surface area contributed by atoms with E-state index in [-0.39, 0.29) is 38.1 Å². The fourth-order valence-electron chi connectivity index (χ4n) is 1.19. The third kappa shape index (κ3) is 5.55. The van der Waals surface area contributed by atoms with Crippen molar-refractivity contribution in [3.63, 3.8) is 0 Å². The normalized spacial score (nSPS) is 15.1. The lowest BCUT2D eigenvalue weighted by atomic mass is 10.5. The lowest BCUT2D eigenvalue weighted by molar-refractivity contribution is -0.142. The molecule has 0 bridgehead atoms. The van der Waals surface area contributed by atoms with E-state index in [4.69, 9.17) is 9.84 Å². The summed E-state index contributed by atoms with van der Waals surface area (Å²) in [6.07, 6.45) is 0. The summed E-state index contributed by atoms with van der Waals surface area (Å²) in [5.41, 5.74) is 0. The van der Waals surface area contributed by atoms with E-state index in [0.29, 0.717) is 11.6 Å². The Kier molecular flexibility index (Phi) is 5.78. The molecule has 0 spiro atoms. The van der Waals surface area contributed by atoms with Crippen molar-refractivity contribution in [2.24, 2.45) is 0 Å². The van der Waals surface area contributed by atoms with Crippen molar-refractivity contribution in [3.05, 3.63) is 0 Å². The summed E-state index contributed by atoms with van der Waals surface area (Å²) in [6, 6.07) is 0. The highest BCUT2D eigenvalue weighted by Gasteiger charge is 2.22. The maximum atomic E-state index is 11.4. The van der Waals surface area contributed by atoms with Crippen LogP contribution in [-0.4, -0.2) is 65.7 Å². The van der Waals surface area contributed by atoms with Gasteiger partial charge in [-0.3, -0.25) is 9.59 Å². The van der Waals surface area contributed by atoms with E-state index in [1.807, 2.05) is 0 Å².